The normalized spacial score (nSPS) is 22.5. The molecule has 0 aromatic carbocycles. The number of amides is 2. The number of thioether (sulfide) groups is 2. The molecular formula is C20H38N2O4S2. The molecule has 0 aliphatic carbocycles. The van der Waals surface area contributed by atoms with Crippen LogP contribution in [0.5, 0.6) is 0 Å². The lowest BCUT2D eigenvalue weighted by atomic mass is 10.1. The minimum absolute atomic E-state index is 0.0280. The molecule has 8 heteroatoms. The van der Waals surface area contributed by atoms with Gasteiger partial charge in [0.1, 0.15) is 0 Å². The molecule has 6 nitrogen and oxygen atoms in total. The molecule has 3 atom stereocenters. The monoisotopic (exact) mass is 434 g/mol. The first-order valence-corrected chi connectivity index (χ1v) is 12.4. The quantitative estimate of drug-likeness (QED) is 0.410. The molecule has 0 aromatic heterocycles. The Morgan fingerprint density at radius 3 is 2.46 bits per heavy atom. The summed E-state index contributed by atoms with van der Waals surface area (Å²) < 4.78 is 10.7. The van der Waals surface area contributed by atoms with Crippen LogP contribution in [-0.2, 0) is 19.1 Å². The number of hydrogen-bond acceptors (Lipinski definition) is 6. The second kappa shape index (κ2) is 16.4. The Kier molecular flexibility index (Phi) is 15.0. The fraction of sp³-hybridized carbons (Fsp3) is 0.900. The van der Waals surface area contributed by atoms with Crippen molar-refractivity contribution in [2.24, 2.45) is 0 Å². The van der Waals surface area contributed by atoms with Crippen LogP contribution >= 0.6 is 23.5 Å². The van der Waals surface area contributed by atoms with E-state index < -0.39 is 0 Å². The van der Waals surface area contributed by atoms with Crippen molar-refractivity contribution in [1.82, 2.24) is 10.6 Å². The Labute approximate surface area is 179 Å². The van der Waals surface area contributed by atoms with E-state index in [2.05, 4.69) is 48.0 Å². The smallest absolute Gasteiger partial charge is 0.222 e. The molecule has 3 unspecified atom stereocenters. The number of ether oxygens (including phenoxy) is 2. The van der Waals surface area contributed by atoms with Crippen molar-refractivity contribution in [3.05, 3.63) is 0 Å². The van der Waals surface area contributed by atoms with Gasteiger partial charge >= 0.3 is 0 Å². The molecule has 2 N–H and O–H groups in total. The van der Waals surface area contributed by atoms with Gasteiger partial charge in [0.25, 0.3) is 0 Å². The predicted octanol–water partition coefficient (Wildman–Crippen LogP) is 2.85. The zero-order valence-corrected chi connectivity index (χ0v) is 19.3. The third-order valence-corrected chi connectivity index (χ3v) is 8.03. The SMILES string of the molecule is CNC(=O)CCOCCOCCNC(=O)CCCCC1CCSC(C)C(C)S1. The fourth-order valence-corrected chi connectivity index (χ4v) is 5.86. The molecule has 1 rings (SSSR count). The van der Waals surface area contributed by atoms with Crippen LogP contribution in [0.25, 0.3) is 0 Å². The number of hydrogen-bond donors (Lipinski definition) is 2. The first-order valence-electron chi connectivity index (χ1n) is 10.4. The van der Waals surface area contributed by atoms with E-state index in [-0.39, 0.29) is 11.8 Å². The van der Waals surface area contributed by atoms with Gasteiger partial charge in [0.15, 0.2) is 0 Å². The fourth-order valence-electron chi connectivity index (χ4n) is 2.84. The lowest BCUT2D eigenvalue weighted by Crippen LogP contribution is -2.27. The third-order valence-electron chi connectivity index (χ3n) is 4.76. The topological polar surface area (TPSA) is 76.7 Å². The van der Waals surface area contributed by atoms with Crippen LogP contribution in [0.1, 0.15) is 52.4 Å². The summed E-state index contributed by atoms with van der Waals surface area (Å²) >= 11 is 4.23. The van der Waals surface area contributed by atoms with Gasteiger partial charge in [0.2, 0.25) is 11.8 Å². The number of unbranched alkanes of at least 4 members (excludes halogenated alkanes) is 1. The van der Waals surface area contributed by atoms with Gasteiger partial charge in [0, 0.05) is 42.2 Å². The van der Waals surface area contributed by atoms with Gasteiger partial charge in [0.05, 0.1) is 26.4 Å². The highest BCUT2D eigenvalue weighted by Gasteiger charge is 2.22. The van der Waals surface area contributed by atoms with Gasteiger partial charge in [-0.25, -0.2) is 0 Å². The summed E-state index contributed by atoms with van der Waals surface area (Å²) in [7, 11) is 1.61. The molecule has 0 bridgehead atoms. The maximum Gasteiger partial charge on any atom is 0.222 e. The lowest BCUT2D eigenvalue weighted by Gasteiger charge is -2.19. The maximum atomic E-state index is 11.9. The lowest BCUT2D eigenvalue weighted by molar-refractivity contribution is -0.122. The van der Waals surface area contributed by atoms with Gasteiger partial charge < -0.3 is 20.1 Å². The van der Waals surface area contributed by atoms with E-state index in [1.54, 1.807) is 7.05 Å². The maximum absolute atomic E-state index is 11.9. The summed E-state index contributed by atoms with van der Waals surface area (Å²) in [5, 5.41) is 7.67. The van der Waals surface area contributed by atoms with Crippen LogP contribution < -0.4 is 10.6 Å². The van der Waals surface area contributed by atoms with Crippen molar-refractivity contribution < 1.29 is 19.1 Å². The number of carbonyl (C=O) groups excluding carboxylic acids is 2. The van der Waals surface area contributed by atoms with Crippen LogP contribution in [0.15, 0.2) is 0 Å². The molecule has 1 aliphatic heterocycles. The van der Waals surface area contributed by atoms with Crippen molar-refractivity contribution in [2.45, 2.75) is 68.1 Å². The molecule has 28 heavy (non-hydrogen) atoms. The molecule has 0 saturated carbocycles. The van der Waals surface area contributed by atoms with Gasteiger partial charge in [-0.05, 0) is 25.0 Å². The second-order valence-corrected chi connectivity index (χ2v) is 10.2. The number of rotatable bonds is 14. The van der Waals surface area contributed by atoms with Gasteiger partial charge in [-0.2, -0.15) is 23.5 Å². The summed E-state index contributed by atoms with van der Waals surface area (Å²) in [6, 6.07) is 0. The van der Waals surface area contributed by atoms with Crippen molar-refractivity contribution in [3.63, 3.8) is 0 Å². The Morgan fingerprint density at radius 2 is 1.71 bits per heavy atom. The van der Waals surface area contributed by atoms with Crippen LogP contribution in [0.2, 0.25) is 0 Å². The van der Waals surface area contributed by atoms with Crippen molar-refractivity contribution >= 4 is 35.3 Å². The third kappa shape index (κ3) is 12.9. The van der Waals surface area contributed by atoms with Crippen molar-refractivity contribution in [3.8, 4) is 0 Å². The van der Waals surface area contributed by atoms with Gasteiger partial charge in [-0.15, -0.1) is 0 Å². The standard InChI is InChI=1S/C20H38N2O4S2/c1-16-17(2)28-18(9-15-27-16)6-4-5-7-20(24)22-10-12-26-14-13-25-11-8-19(23)21-3/h16-18H,4-15H2,1-3H3,(H,21,23)(H,22,24). The summed E-state index contributed by atoms with van der Waals surface area (Å²) in [4.78, 5) is 22.9. The Hall–Kier alpha value is -0.440. The molecular weight excluding hydrogens is 396 g/mol. The minimum atomic E-state index is -0.0280. The molecule has 1 saturated heterocycles. The zero-order chi connectivity index (χ0) is 20.6. The summed E-state index contributed by atoms with van der Waals surface area (Å²) in [5.74, 6) is 1.35. The van der Waals surface area contributed by atoms with E-state index in [1.807, 2.05) is 0 Å². The average molecular weight is 435 g/mol. The van der Waals surface area contributed by atoms with E-state index in [0.717, 1.165) is 28.6 Å². The first-order chi connectivity index (χ1) is 13.5. The number of nitrogens with one attached hydrogen (secondary N) is 2. The van der Waals surface area contributed by atoms with E-state index in [9.17, 15) is 9.59 Å². The molecule has 164 valence electrons. The summed E-state index contributed by atoms with van der Waals surface area (Å²) in [6.45, 7) is 7.01. The van der Waals surface area contributed by atoms with Crippen molar-refractivity contribution in [1.29, 1.82) is 0 Å². The zero-order valence-electron chi connectivity index (χ0n) is 17.7. The summed E-state index contributed by atoms with van der Waals surface area (Å²) in [5.41, 5.74) is 0. The Bertz CT molecular complexity index is 440. The molecule has 0 aromatic rings. The molecule has 0 spiro atoms. The van der Waals surface area contributed by atoms with E-state index >= 15 is 0 Å². The Balaban J connectivity index is 1.90. The van der Waals surface area contributed by atoms with Gasteiger partial charge in [-0.1, -0.05) is 20.3 Å². The molecule has 1 aliphatic rings. The van der Waals surface area contributed by atoms with Crippen LogP contribution in [0, 0.1) is 0 Å². The second-order valence-electron chi connectivity index (χ2n) is 7.07. The largest absolute Gasteiger partial charge is 0.379 e. The number of carbonyl (C=O) groups is 2. The van der Waals surface area contributed by atoms with Gasteiger partial charge in [-0.3, -0.25) is 9.59 Å². The Morgan fingerprint density at radius 1 is 0.964 bits per heavy atom. The summed E-state index contributed by atoms with van der Waals surface area (Å²) in [6.07, 6.45) is 5.56. The average Bonchev–Trinajstić information content (AvgIpc) is 2.84. The van der Waals surface area contributed by atoms with E-state index in [4.69, 9.17) is 9.47 Å². The minimum Gasteiger partial charge on any atom is -0.379 e. The van der Waals surface area contributed by atoms with Crippen LogP contribution in [0.3, 0.4) is 0 Å². The van der Waals surface area contributed by atoms with Crippen LogP contribution in [0.4, 0.5) is 0 Å². The van der Waals surface area contributed by atoms with Crippen molar-refractivity contribution in [2.75, 3.05) is 45.8 Å². The predicted molar refractivity (Wildman–Crippen MR) is 119 cm³/mol. The van der Waals surface area contributed by atoms with E-state index in [1.165, 1.54) is 18.6 Å². The molecule has 0 radical (unpaired) electrons. The molecule has 1 fully saturated rings. The van der Waals surface area contributed by atoms with E-state index in [0.29, 0.717) is 45.8 Å². The highest BCUT2D eigenvalue weighted by molar-refractivity contribution is 8.04. The highest BCUT2D eigenvalue weighted by Crippen LogP contribution is 2.36. The molecule has 1 heterocycles. The first kappa shape index (κ1) is 25.6. The van der Waals surface area contributed by atoms with Crippen LogP contribution in [-0.4, -0.2) is 73.3 Å². The molecule has 2 amide bonds. The highest BCUT2D eigenvalue weighted by atomic mass is 32.2.